The molecule has 0 saturated carbocycles. The zero-order chi connectivity index (χ0) is 14.0. The van der Waals surface area contributed by atoms with E-state index < -0.39 is 5.54 Å². The Kier molecular flexibility index (Phi) is 4.34. The van der Waals surface area contributed by atoms with Crippen molar-refractivity contribution >= 4 is 23.5 Å². The highest BCUT2D eigenvalue weighted by Gasteiger charge is 2.19. The fourth-order valence-corrected chi connectivity index (χ4v) is 1.30. The van der Waals surface area contributed by atoms with Crippen molar-refractivity contribution in [2.45, 2.75) is 45.7 Å². The second-order valence-electron chi connectivity index (χ2n) is 5.79. The first kappa shape index (κ1) is 14.9. The number of hydrogen-bond donors (Lipinski definition) is 3. The number of anilines is 2. The molecule has 102 valence electrons. The quantitative estimate of drug-likeness (QED) is 0.777. The number of halogens is 1. The third-order valence-corrected chi connectivity index (χ3v) is 2.11. The average molecular weight is 274 g/mol. The van der Waals surface area contributed by atoms with Crippen molar-refractivity contribution in [3.63, 3.8) is 0 Å². The van der Waals surface area contributed by atoms with Crippen molar-refractivity contribution in [2.24, 2.45) is 0 Å². The van der Waals surface area contributed by atoms with Crippen molar-refractivity contribution in [3.8, 4) is 0 Å². The van der Waals surface area contributed by atoms with Gasteiger partial charge in [-0.15, -0.1) is 0 Å². The molecule has 1 aromatic rings. The van der Waals surface area contributed by atoms with Gasteiger partial charge in [0.05, 0.1) is 12.1 Å². The first-order chi connectivity index (χ1) is 8.11. The van der Waals surface area contributed by atoms with E-state index in [4.69, 9.17) is 11.6 Å². The molecule has 18 heavy (non-hydrogen) atoms. The van der Waals surface area contributed by atoms with Crippen LogP contribution in [0, 0.1) is 0 Å². The van der Waals surface area contributed by atoms with E-state index in [-0.39, 0.29) is 17.4 Å². The van der Waals surface area contributed by atoms with Gasteiger partial charge in [0.15, 0.2) is 0 Å². The lowest BCUT2D eigenvalue weighted by molar-refractivity contribution is 0.233. The topological polar surface area (TPSA) is 83.0 Å². The van der Waals surface area contributed by atoms with E-state index in [1.54, 1.807) is 0 Å². The SMILES string of the molecule is CC(C)(C)Nc1nc(Cl)nc(NC(C)(C)CO)n1. The summed E-state index contributed by atoms with van der Waals surface area (Å²) in [6.45, 7) is 9.61. The number of aromatic nitrogens is 3. The molecule has 1 aromatic heterocycles. The van der Waals surface area contributed by atoms with Crippen molar-refractivity contribution < 1.29 is 5.11 Å². The monoisotopic (exact) mass is 273 g/mol. The predicted molar refractivity (Wildman–Crippen MR) is 73.0 cm³/mol. The molecule has 0 saturated heterocycles. The Morgan fingerprint density at radius 1 is 1.00 bits per heavy atom. The number of aliphatic hydroxyl groups is 1. The van der Waals surface area contributed by atoms with Crippen LogP contribution in [0.25, 0.3) is 0 Å². The van der Waals surface area contributed by atoms with Crippen LogP contribution >= 0.6 is 11.6 Å². The smallest absolute Gasteiger partial charge is 0.229 e. The molecule has 0 radical (unpaired) electrons. The van der Waals surface area contributed by atoms with E-state index >= 15 is 0 Å². The van der Waals surface area contributed by atoms with E-state index in [0.717, 1.165) is 0 Å². The van der Waals surface area contributed by atoms with Gasteiger partial charge in [0.25, 0.3) is 0 Å². The summed E-state index contributed by atoms with van der Waals surface area (Å²) in [5.74, 6) is 0.736. The summed E-state index contributed by atoms with van der Waals surface area (Å²) >= 11 is 5.85. The molecule has 0 aromatic carbocycles. The maximum Gasteiger partial charge on any atom is 0.229 e. The fourth-order valence-electron chi connectivity index (χ4n) is 1.14. The zero-order valence-corrected chi connectivity index (χ0v) is 12.1. The molecule has 1 heterocycles. The van der Waals surface area contributed by atoms with Crippen molar-refractivity contribution in [2.75, 3.05) is 17.2 Å². The number of hydrogen-bond acceptors (Lipinski definition) is 6. The molecule has 0 amide bonds. The highest BCUT2D eigenvalue weighted by atomic mass is 35.5. The Hall–Kier alpha value is -1.14. The molecule has 0 aliphatic rings. The van der Waals surface area contributed by atoms with E-state index in [1.165, 1.54) is 0 Å². The summed E-state index contributed by atoms with van der Waals surface area (Å²) < 4.78 is 0. The lowest BCUT2D eigenvalue weighted by atomic mass is 10.1. The minimum Gasteiger partial charge on any atom is -0.394 e. The van der Waals surface area contributed by atoms with Crippen LogP contribution in [-0.4, -0.2) is 37.7 Å². The second-order valence-corrected chi connectivity index (χ2v) is 6.13. The van der Waals surface area contributed by atoms with Crippen molar-refractivity contribution in [1.82, 2.24) is 15.0 Å². The second kappa shape index (κ2) is 5.24. The predicted octanol–water partition coefficient (Wildman–Crippen LogP) is 1.92. The summed E-state index contributed by atoms with van der Waals surface area (Å²) in [7, 11) is 0. The Labute approximate surface area is 112 Å². The van der Waals surface area contributed by atoms with Gasteiger partial charge in [-0.05, 0) is 46.2 Å². The molecule has 0 bridgehead atoms. The van der Waals surface area contributed by atoms with Crippen molar-refractivity contribution in [1.29, 1.82) is 0 Å². The van der Waals surface area contributed by atoms with Gasteiger partial charge in [0, 0.05) is 5.54 Å². The largest absolute Gasteiger partial charge is 0.394 e. The van der Waals surface area contributed by atoms with Gasteiger partial charge in [-0.1, -0.05) is 0 Å². The molecule has 0 spiro atoms. The molecular weight excluding hydrogens is 254 g/mol. The zero-order valence-electron chi connectivity index (χ0n) is 11.4. The molecule has 1 rings (SSSR count). The first-order valence-corrected chi connectivity index (χ1v) is 6.08. The Morgan fingerprint density at radius 3 is 1.94 bits per heavy atom. The fraction of sp³-hybridized carbons (Fsp3) is 0.727. The number of nitrogens with zero attached hydrogens (tertiary/aromatic N) is 3. The van der Waals surface area contributed by atoms with Gasteiger partial charge >= 0.3 is 0 Å². The summed E-state index contributed by atoms with van der Waals surface area (Å²) in [6, 6.07) is 0. The molecule has 6 nitrogen and oxygen atoms in total. The number of nitrogens with one attached hydrogen (secondary N) is 2. The van der Waals surface area contributed by atoms with E-state index in [2.05, 4.69) is 25.6 Å². The van der Waals surface area contributed by atoms with Gasteiger partial charge in [-0.25, -0.2) is 0 Å². The summed E-state index contributed by atoms with van der Waals surface area (Å²) in [5, 5.41) is 15.4. The molecule has 0 atom stereocenters. The molecule has 3 N–H and O–H groups in total. The van der Waals surface area contributed by atoms with Crippen LogP contribution in [0.15, 0.2) is 0 Å². The van der Waals surface area contributed by atoms with Gasteiger partial charge in [0.2, 0.25) is 17.2 Å². The first-order valence-electron chi connectivity index (χ1n) is 5.70. The summed E-state index contributed by atoms with van der Waals surface area (Å²) in [4.78, 5) is 12.2. The molecule has 7 heteroatoms. The van der Waals surface area contributed by atoms with Crippen LogP contribution in [0.1, 0.15) is 34.6 Å². The third kappa shape index (κ3) is 5.01. The average Bonchev–Trinajstić information content (AvgIpc) is 2.12. The number of rotatable bonds is 4. The van der Waals surface area contributed by atoms with Gasteiger partial charge < -0.3 is 15.7 Å². The number of aliphatic hydroxyl groups excluding tert-OH is 1. The van der Waals surface area contributed by atoms with Crippen LogP contribution in [0.3, 0.4) is 0 Å². The standard InChI is InChI=1S/C11H20ClN5O/c1-10(2,3)16-8-13-7(12)14-9(15-8)17-11(4,5)6-18/h18H,6H2,1-5H3,(H2,13,14,15,16,17). The highest BCUT2D eigenvalue weighted by molar-refractivity contribution is 6.28. The summed E-state index contributed by atoms with van der Waals surface area (Å²) in [6.07, 6.45) is 0. The maximum absolute atomic E-state index is 9.20. The Morgan fingerprint density at radius 2 is 1.50 bits per heavy atom. The lowest BCUT2D eigenvalue weighted by Crippen LogP contribution is -2.36. The van der Waals surface area contributed by atoms with Crippen molar-refractivity contribution in [3.05, 3.63) is 5.28 Å². The van der Waals surface area contributed by atoms with E-state index in [1.807, 2.05) is 34.6 Å². The van der Waals surface area contributed by atoms with Crippen LogP contribution in [0.5, 0.6) is 0 Å². The molecule has 0 aliphatic carbocycles. The lowest BCUT2D eigenvalue weighted by Gasteiger charge is -2.24. The Bertz CT molecular complexity index is 416. The van der Waals surface area contributed by atoms with E-state index in [9.17, 15) is 5.11 Å². The van der Waals surface area contributed by atoms with E-state index in [0.29, 0.717) is 11.9 Å². The highest BCUT2D eigenvalue weighted by Crippen LogP contribution is 2.16. The summed E-state index contributed by atoms with van der Waals surface area (Å²) in [5.41, 5.74) is -0.696. The van der Waals surface area contributed by atoms with Crippen LogP contribution in [-0.2, 0) is 0 Å². The van der Waals surface area contributed by atoms with Crippen LogP contribution in [0.2, 0.25) is 5.28 Å². The Balaban J connectivity index is 2.94. The van der Waals surface area contributed by atoms with Gasteiger partial charge in [0.1, 0.15) is 0 Å². The minimum atomic E-state index is -0.524. The molecule has 0 unspecified atom stereocenters. The molecular formula is C11H20ClN5O. The molecule has 0 aliphatic heterocycles. The molecule has 0 fully saturated rings. The third-order valence-electron chi connectivity index (χ3n) is 1.94. The van der Waals surface area contributed by atoms with Crippen LogP contribution < -0.4 is 10.6 Å². The van der Waals surface area contributed by atoms with Crippen LogP contribution in [0.4, 0.5) is 11.9 Å². The van der Waals surface area contributed by atoms with Gasteiger partial charge in [-0.2, -0.15) is 15.0 Å². The normalized spacial score (nSPS) is 12.4. The maximum atomic E-state index is 9.20. The van der Waals surface area contributed by atoms with Gasteiger partial charge in [-0.3, -0.25) is 0 Å². The minimum absolute atomic E-state index is 0.0433.